The Balaban J connectivity index is 1.91. The first-order valence-corrected chi connectivity index (χ1v) is 7.59. The van der Waals surface area contributed by atoms with Gasteiger partial charge in [0, 0.05) is 11.0 Å². The fraction of sp³-hybridized carbons (Fsp3) is 0.533. The lowest BCUT2D eigenvalue weighted by Crippen LogP contribution is -2.30. The molecule has 1 aliphatic rings. The molecule has 0 aromatic heterocycles. The van der Waals surface area contributed by atoms with Crippen molar-refractivity contribution in [2.45, 2.75) is 36.7 Å². The molecule has 2 rings (SSSR count). The molecule has 0 bridgehead atoms. The SMILES string of the molecule is COC(=O)C1CCCCC1SCc1ccccc1. The Bertz CT molecular complexity index is 377. The fourth-order valence-corrected chi connectivity index (χ4v) is 3.91. The molecule has 98 valence electrons. The molecule has 0 radical (unpaired) electrons. The lowest BCUT2D eigenvalue weighted by atomic mass is 9.89. The van der Waals surface area contributed by atoms with E-state index < -0.39 is 0 Å². The zero-order valence-corrected chi connectivity index (χ0v) is 11.6. The van der Waals surface area contributed by atoms with Gasteiger partial charge in [-0.05, 0) is 18.4 Å². The molecule has 1 aromatic carbocycles. The summed E-state index contributed by atoms with van der Waals surface area (Å²) in [6.07, 6.45) is 4.51. The van der Waals surface area contributed by atoms with Gasteiger partial charge < -0.3 is 4.74 Å². The summed E-state index contributed by atoms with van der Waals surface area (Å²) in [5, 5.41) is 0.423. The summed E-state index contributed by atoms with van der Waals surface area (Å²) in [4.78, 5) is 11.8. The summed E-state index contributed by atoms with van der Waals surface area (Å²) in [5.74, 6) is 1.05. The molecule has 2 atom stereocenters. The van der Waals surface area contributed by atoms with Crippen molar-refractivity contribution >= 4 is 17.7 Å². The number of ether oxygens (including phenoxy) is 1. The predicted octanol–water partition coefficient (Wildman–Crippen LogP) is 3.65. The maximum absolute atomic E-state index is 11.8. The first kappa shape index (κ1) is 13.5. The van der Waals surface area contributed by atoms with E-state index in [0.717, 1.165) is 25.0 Å². The second kappa shape index (κ2) is 6.83. The summed E-state index contributed by atoms with van der Waals surface area (Å²) in [6, 6.07) is 10.4. The standard InChI is InChI=1S/C15H20O2S/c1-17-15(16)13-9-5-6-10-14(13)18-11-12-7-3-2-4-8-12/h2-4,7-8,13-14H,5-6,9-11H2,1H3. The number of carbonyl (C=O) groups excluding carboxylic acids is 1. The number of esters is 1. The van der Waals surface area contributed by atoms with Crippen LogP contribution in [-0.4, -0.2) is 18.3 Å². The molecule has 0 amide bonds. The molecule has 0 heterocycles. The molecule has 2 unspecified atom stereocenters. The van der Waals surface area contributed by atoms with Crippen LogP contribution in [0.2, 0.25) is 0 Å². The second-order valence-electron chi connectivity index (χ2n) is 4.75. The van der Waals surface area contributed by atoms with E-state index in [4.69, 9.17) is 4.74 Å². The van der Waals surface area contributed by atoms with Crippen LogP contribution < -0.4 is 0 Å². The summed E-state index contributed by atoms with van der Waals surface area (Å²) in [7, 11) is 1.50. The van der Waals surface area contributed by atoms with Crippen molar-refractivity contribution in [3.8, 4) is 0 Å². The average Bonchev–Trinajstić information content (AvgIpc) is 2.45. The van der Waals surface area contributed by atoms with E-state index in [-0.39, 0.29) is 11.9 Å². The summed E-state index contributed by atoms with van der Waals surface area (Å²) in [6.45, 7) is 0. The van der Waals surface area contributed by atoms with Gasteiger partial charge in [-0.25, -0.2) is 0 Å². The van der Waals surface area contributed by atoms with E-state index in [9.17, 15) is 4.79 Å². The minimum atomic E-state index is -0.0275. The van der Waals surface area contributed by atoms with Gasteiger partial charge in [-0.1, -0.05) is 43.2 Å². The number of thioether (sulfide) groups is 1. The van der Waals surface area contributed by atoms with E-state index in [1.807, 2.05) is 17.8 Å². The highest BCUT2D eigenvalue weighted by molar-refractivity contribution is 7.99. The maximum Gasteiger partial charge on any atom is 0.309 e. The molecule has 0 aliphatic heterocycles. The monoisotopic (exact) mass is 264 g/mol. The summed E-state index contributed by atoms with van der Waals surface area (Å²) >= 11 is 1.90. The number of benzene rings is 1. The number of rotatable bonds is 4. The molecular weight excluding hydrogens is 244 g/mol. The molecular formula is C15H20O2S. The zero-order chi connectivity index (χ0) is 12.8. The number of hydrogen-bond acceptors (Lipinski definition) is 3. The molecule has 3 heteroatoms. The van der Waals surface area contributed by atoms with Crippen LogP contribution in [0.1, 0.15) is 31.2 Å². The van der Waals surface area contributed by atoms with E-state index in [0.29, 0.717) is 5.25 Å². The van der Waals surface area contributed by atoms with Crippen LogP contribution >= 0.6 is 11.8 Å². The Kier molecular flexibility index (Phi) is 5.12. The quantitative estimate of drug-likeness (QED) is 0.776. The largest absolute Gasteiger partial charge is 0.469 e. The van der Waals surface area contributed by atoms with Gasteiger partial charge in [0.1, 0.15) is 0 Å². The summed E-state index contributed by atoms with van der Waals surface area (Å²) in [5.41, 5.74) is 1.33. The van der Waals surface area contributed by atoms with Gasteiger partial charge in [-0.3, -0.25) is 4.79 Å². The minimum Gasteiger partial charge on any atom is -0.469 e. The average molecular weight is 264 g/mol. The van der Waals surface area contributed by atoms with Crippen molar-refractivity contribution < 1.29 is 9.53 Å². The predicted molar refractivity (Wildman–Crippen MR) is 75.5 cm³/mol. The highest BCUT2D eigenvalue weighted by atomic mass is 32.2. The van der Waals surface area contributed by atoms with E-state index >= 15 is 0 Å². The van der Waals surface area contributed by atoms with Crippen molar-refractivity contribution in [1.29, 1.82) is 0 Å². The van der Waals surface area contributed by atoms with Gasteiger partial charge in [-0.15, -0.1) is 0 Å². The van der Waals surface area contributed by atoms with Gasteiger partial charge in [0.25, 0.3) is 0 Å². The highest BCUT2D eigenvalue weighted by Gasteiger charge is 2.31. The fourth-order valence-electron chi connectivity index (χ4n) is 2.49. The molecule has 0 saturated heterocycles. The Morgan fingerprint density at radius 3 is 2.72 bits per heavy atom. The highest BCUT2D eigenvalue weighted by Crippen LogP contribution is 2.35. The molecule has 1 fully saturated rings. The maximum atomic E-state index is 11.8. The molecule has 18 heavy (non-hydrogen) atoms. The van der Waals surface area contributed by atoms with Crippen LogP contribution in [0.25, 0.3) is 0 Å². The second-order valence-corrected chi connectivity index (χ2v) is 5.98. The van der Waals surface area contributed by atoms with Crippen molar-refractivity contribution in [2.75, 3.05) is 7.11 Å². The van der Waals surface area contributed by atoms with E-state index in [1.54, 1.807) is 0 Å². The van der Waals surface area contributed by atoms with Gasteiger partial charge in [0.2, 0.25) is 0 Å². The Morgan fingerprint density at radius 1 is 1.28 bits per heavy atom. The molecule has 1 saturated carbocycles. The third-order valence-electron chi connectivity index (χ3n) is 3.51. The molecule has 0 spiro atoms. The Morgan fingerprint density at radius 2 is 2.00 bits per heavy atom. The van der Waals surface area contributed by atoms with Crippen LogP contribution in [0.15, 0.2) is 30.3 Å². The molecule has 0 N–H and O–H groups in total. The topological polar surface area (TPSA) is 26.3 Å². The Labute approximate surface area is 113 Å². The van der Waals surface area contributed by atoms with Crippen LogP contribution in [0.5, 0.6) is 0 Å². The zero-order valence-electron chi connectivity index (χ0n) is 10.8. The normalized spacial score (nSPS) is 23.6. The third kappa shape index (κ3) is 3.52. The van der Waals surface area contributed by atoms with Crippen LogP contribution in [0.3, 0.4) is 0 Å². The minimum absolute atomic E-state index is 0.0275. The van der Waals surface area contributed by atoms with Crippen molar-refractivity contribution in [3.05, 3.63) is 35.9 Å². The Hall–Kier alpha value is -0.960. The smallest absolute Gasteiger partial charge is 0.309 e. The lowest BCUT2D eigenvalue weighted by molar-refractivity contribution is -0.146. The van der Waals surface area contributed by atoms with E-state index in [1.165, 1.54) is 19.1 Å². The third-order valence-corrected chi connectivity index (χ3v) is 5.01. The van der Waals surface area contributed by atoms with Gasteiger partial charge in [0.15, 0.2) is 0 Å². The van der Waals surface area contributed by atoms with Crippen molar-refractivity contribution in [3.63, 3.8) is 0 Å². The van der Waals surface area contributed by atoms with E-state index in [2.05, 4.69) is 24.3 Å². The lowest BCUT2D eigenvalue weighted by Gasteiger charge is -2.29. The summed E-state index contributed by atoms with van der Waals surface area (Å²) < 4.78 is 4.92. The number of methoxy groups -OCH3 is 1. The molecule has 1 aliphatic carbocycles. The number of hydrogen-bond donors (Lipinski definition) is 0. The van der Waals surface area contributed by atoms with Gasteiger partial charge in [-0.2, -0.15) is 11.8 Å². The first-order chi connectivity index (χ1) is 8.81. The van der Waals surface area contributed by atoms with Crippen LogP contribution in [-0.2, 0) is 15.3 Å². The van der Waals surface area contributed by atoms with Crippen LogP contribution in [0, 0.1) is 5.92 Å². The molecule has 2 nitrogen and oxygen atoms in total. The van der Waals surface area contributed by atoms with Gasteiger partial charge in [0.05, 0.1) is 13.0 Å². The number of carbonyl (C=O) groups is 1. The first-order valence-electron chi connectivity index (χ1n) is 6.54. The van der Waals surface area contributed by atoms with Crippen molar-refractivity contribution in [2.24, 2.45) is 5.92 Å². The van der Waals surface area contributed by atoms with Crippen LogP contribution in [0.4, 0.5) is 0 Å². The van der Waals surface area contributed by atoms with Gasteiger partial charge >= 0.3 is 5.97 Å². The van der Waals surface area contributed by atoms with Crippen molar-refractivity contribution in [1.82, 2.24) is 0 Å². The molecule has 1 aromatic rings.